The Balaban J connectivity index is 1.49. The predicted octanol–water partition coefficient (Wildman–Crippen LogP) is 5.52. The van der Waals surface area contributed by atoms with Crippen LogP contribution in [0.15, 0.2) is 47.8 Å². The molecule has 10 heteroatoms. The van der Waals surface area contributed by atoms with Gasteiger partial charge in [0.1, 0.15) is 0 Å². The van der Waals surface area contributed by atoms with Gasteiger partial charge in [-0.15, -0.1) is 11.3 Å². The van der Waals surface area contributed by atoms with Crippen LogP contribution in [0, 0.1) is 15.5 Å². The molecule has 0 radical (unpaired) electrons. The molecule has 0 bridgehead atoms. The third-order valence-electron chi connectivity index (χ3n) is 5.98. The summed E-state index contributed by atoms with van der Waals surface area (Å²) in [5.74, 6) is -0.294. The maximum absolute atomic E-state index is 12.9. The molecule has 2 N–H and O–H groups in total. The monoisotopic (exact) mass is 494 g/mol. The van der Waals surface area contributed by atoms with Crippen molar-refractivity contribution < 1.29 is 19.6 Å². The molecule has 0 fully saturated rings. The first-order valence-electron chi connectivity index (χ1n) is 11.1. The number of carboxylic acid groups (broad SMARTS) is 1. The topological polar surface area (TPSA) is 126 Å². The molecule has 0 saturated heterocycles. The Kier molecular flexibility index (Phi) is 6.58. The van der Waals surface area contributed by atoms with Crippen LogP contribution in [0.5, 0.6) is 0 Å². The second-order valence-electron chi connectivity index (χ2n) is 9.61. The number of carbonyl (C=O) groups excluding carboxylic acids is 1. The first-order chi connectivity index (χ1) is 16.5. The van der Waals surface area contributed by atoms with Gasteiger partial charge in [0.2, 0.25) is 0 Å². The lowest BCUT2D eigenvalue weighted by molar-refractivity contribution is -0.384. The van der Waals surface area contributed by atoms with Crippen molar-refractivity contribution in [3.05, 3.63) is 85.9 Å². The van der Waals surface area contributed by atoms with Crippen molar-refractivity contribution in [3.63, 3.8) is 0 Å². The van der Waals surface area contributed by atoms with E-state index >= 15 is 0 Å². The molecule has 2 heterocycles. The van der Waals surface area contributed by atoms with Crippen LogP contribution in [0.2, 0.25) is 0 Å². The van der Waals surface area contributed by atoms with Crippen molar-refractivity contribution in [1.82, 2.24) is 9.88 Å². The Morgan fingerprint density at radius 2 is 2.03 bits per heavy atom. The predicted molar refractivity (Wildman–Crippen MR) is 133 cm³/mol. The molecule has 0 saturated carbocycles. The summed E-state index contributed by atoms with van der Waals surface area (Å²) in [4.78, 5) is 41.2. The van der Waals surface area contributed by atoms with Gasteiger partial charge in [-0.2, -0.15) is 0 Å². The zero-order chi connectivity index (χ0) is 25.3. The molecule has 1 atom stereocenters. The van der Waals surface area contributed by atoms with Crippen molar-refractivity contribution in [3.8, 4) is 0 Å². The summed E-state index contributed by atoms with van der Waals surface area (Å²) in [6, 6.07) is 11.5. The summed E-state index contributed by atoms with van der Waals surface area (Å²) < 4.78 is 0. The number of nitrogens with one attached hydrogen (secondary N) is 1. The number of nitro benzene ring substituents is 1. The third-order valence-corrected chi connectivity index (χ3v) is 6.78. The number of nitro groups is 1. The number of hydrogen-bond donors (Lipinski definition) is 2. The van der Waals surface area contributed by atoms with Gasteiger partial charge in [-0.05, 0) is 40.7 Å². The number of rotatable bonds is 5. The summed E-state index contributed by atoms with van der Waals surface area (Å²) in [7, 11) is 0. The van der Waals surface area contributed by atoms with Gasteiger partial charge in [0, 0.05) is 36.0 Å². The summed E-state index contributed by atoms with van der Waals surface area (Å²) >= 11 is 1.29. The number of non-ortho nitro benzene ring substituents is 1. The lowest BCUT2D eigenvalue weighted by Crippen LogP contribution is -2.44. The summed E-state index contributed by atoms with van der Waals surface area (Å²) in [5.41, 5.74) is 3.58. The fourth-order valence-corrected chi connectivity index (χ4v) is 5.22. The number of amides is 2. The minimum atomic E-state index is -0.943. The molecule has 3 aromatic rings. The van der Waals surface area contributed by atoms with Crippen LogP contribution >= 0.6 is 11.3 Å². The van der Waals surface area contributed by atoms with Crippen LogP contribution in [-0.4, -0.2) is 38.5 Å². The number of aromatic nitrogens is 1. The van der Waals surface area contributed by atoms with Crippen LogP contribution in [0.1, 0.15) is 59.6 Å². The molecule has 0 aliphatic carbocycles. The number of benzene rings is 2. The first kappa shape index (κ1) is 24.3. The van der Waals surface area contributed by atoms with Crippen LogP contribution in [-0.2, 0) is 12.8 Å². The number of hydrogen-bond acceptors (Lipinski definition) is 6. The van der Waals surface area contributed by atoms with E-state index in [1.54, 1.807) is 18.2 Å². The van der Waals surface area contributed by atoms with E-state index in [0.29, 0.717) is 35.8 Å². The zero-order valence-electron chi connectivity index (χ0n) is 19.6. The maximum atomic E-state index is 12.9. The molecule has 1 aliphatic rings. The fourth-order valence-electron chi connectivity index (χ4n) is 4.51. The normalized spacial score (nSPS) is 15.4. The minimum Gasteiger partial charge on any atom is -0.465 e. The van der Waals surface area contributed by atoms with Crippen LogP contribution in [0.3, 0.4) is 0 Å². The van der Waals surface area contributed by atoms with E-state index in [0.717, 1.165) is 16.7 Å². The molecular weight excluding hydrogens is 468 g/mol. The highest BCUT2D eigenvalue weighted by atomic mass is 32.1. The molecule has 35 heavy (non-hydrogen) atoms. The minimum absolute atomic E-state index is 0.0267. The summed E-state index contributed by atoms with van der Waals surface area (Å²) in [6.07, 6.45) is 0.0169. The highest BCUT2D eigenvalue weighted by Crippen LogP contribution is 2.42. The van der Waals surface area contributed by atoms with Crippen LogP contribution in [0.4, 0.5) is 15.6 Å². The Morgan fingerprint density at radius 3 is 2.71 bits per heavy atom. The van der Waals surface area contributed by atoms with E-state index in [1.807, 2.05) is 38.3 Å². The molecule has 2 amide bonds. The summed E-state index contributed by atoms with van der Waals surface area (Å²) in [5, 5.41) is 25.7. The molecule has 1 unspecified atom stereocenters. The van der Waals surface area contributed by atoms with Crippen molar-refractivity contribution >= 4 is 34.2 Å². The van der Waals surface area contributed by atoms with Gasteiger partial charge in [-0.3, -0.25) is 20.2 Å². The van der Waals surface area contributed by atoms with Gasteiger partial charge in [0.15, 0.2) is 5.13 Å². The smallest absolute Gasteiger partial charge is 0.407 e. The molecule has 9 nitrogen and oxygen atoms in total. The Hall–Kier alpha value is -3.79. The van der Waals surface area contributed by atoms with Crippen LogP contribution < -0.4 is 5.32 Å². The lowest BCUT2D eigenvalue weighted by atomic mass is 9.77. The van der Waals surface area contributed by atoms with E-state index < -0.39 is 11.0 Å². The Morgan fingerprint density at radius 1 is 1.26 bits per heavy atom. The number of nitrogens with zero attached hydrogens (tertiary/aromatic N) is 3. The molecular formula is C25H26N4O5S. The quantitative estimate of drug-likeness (QED) is 0.355. The van der Waals surface area contributed by atoms with Crippen molar-refractivity contribution in [2.45, 2.75) is 39.7 Å². The van der Waals surface area contributed by atoms with Crippen molar-refractivity contribution in [1.29, 1.82) is 0 Å². The third kappa shape index (κ3) is 5.32. The van der Waals surface area contributed by atoms with Crippen LogP contribution in [0.25, 0.3) is 0 Å². The van der Waals surface area contributed by atoms with Gasteiger partial charge in [0.25, 0.3) is 11.6 Å². The van der Waals surface area contributed by atoms with E-state index in [1.165, 1.54) is 28.4 Å². The molecule has 1 aliphatic heterocycles. The number of thiazole rings is 1. The van der Waals surface area contributed by atoms with Crippen molar-refractivity contribution in [2.75, 3.05) is 11.9 Å². The van der Waals surface area contributed by atoms with Crippen molar-refractivity contribution in [2.24, 2.45) is 5.41 Å². The highest BCUT2D eigenvalue weighted by Gasteiger charge is 2.38. The first-order valence-corrected chi connectivity index (χ1v) is 12.0. The van der Waals surface area contributed by atoms with Gasteiger partial charge in [0.05, 0.1) is 16.7 Å². The van der Waals surface area contributed by atoms with E-state index in [4.69, 9.17) is 0 Å². The zero-order valence-corrected chi connectivity index (χ0v) is 20.5. The highest BCUT2D eigenvalue weighted by molar-refractivity contribution is 7.14. The van der Waals surface area contributed by atoms with Gasteiger partial charge in [-0.25, -0.2) is 9.78 Å². The van der Waals surface area contributed by atoms with Gasteiger partial charge in [-0.1, -0.05) is 39.0 Å². The van der Waals surface area contributed by atoms with E-state index in [2.05, 4.69) is 10.3 Å². The van der Waals surface area contributed by atoms with Gasteiger partial charge >= 0.3 is 6.09 Å². The molecule has 182 valence electrons. The Labute approximate surface area is 206 Å². The number of anilines is 1. The molecule has 1 aromatic heterocycles. The average Bonchev–Trinajstić information content (AvgIpc) is 3.23. The van der Waals surface area contributed by atoms with E-state index in [-0.39, 0.29) is 23.1 Å². The second-order valence-corrected chi connectivity index (χ2v) is 10.5. The summed E-state index contributed by atoms with van der Waals surface area (Å²) in [6.45, 7) is 6.41. The SMILES string of the molecule is CC(C)(C)C1c2ccc(C(=O)Nc3nc(Cc4cccc([N+](=O)[O-])c4)cs3)cc2CCN1C(=O)O. The number of carbonyl (C=O) groups is 2. The van der Waals surface area contributed by atoms with Gasteiger partial charge < -0.3 is 10.0 Å². The largest absolute Gasteiger partial charge is 0.465 e. The van der Waals surface area contributed by atoms with E-state index in [9.17, 15) is 24.8 Å². The second kappa shape index (κ2) is 9.46. The Bertz CT molecular complexity index is 1300. The average molecular weight is 495 g/mol. The fraction of sp³-hybridized carbons (Fsp3) is 0.320. The molecule has 4 rings (SSSR count). The lowest BCUT2D eigenvalue weighted by Gasteiger charge is -2.43. The maximum Gasteiger partial charge on any atom is 0.407 e. The molecule has 2 aromatic carbocycles. The number of fused-ring (bicyclic) bond motifs is 1. The molecule has 0 spiro atoms. The standard InChI is InChI=1S/C25H26N4O5S/c1-25(2,3)21-20-8-7-17(13-16(20)9-10-28(21)24(31)32)22(30)27-23-26-18(14-35-23)11-15-5-4-6-19(12-15)29(33)34/h4-8,12-14,21H,9-11H2,1-3H3,(H,31,32)(H,26,27,30).